The summed E-state index contributed by atoms with van der Waals surface area (Å²) in [6.45, 7) is 1.16. The first-order chi connectivity index (χ1) is 9.86. The number of aryl methyl sites for hydroxylation is 1. The molecule has 0 aliphatic carbocycles. The summed E-state index contributed by atoms with van der Waals surface area (Å²) in [5.74, 6) is -1.00. The van der Waals surface area contributed by atoms with E-state index in [1.807, 2.05) is 0 Å². The number of hydrogen-bond donors (Lipinski definition) is 1. The Bertz CT molecular complexity index is 643. The monoisotopic (exact) mass is 317 g/mol. The van der Waals surface area contributed by atoms with Crippen molar-refractivity contribution in [2.75, 3.05) is 11.9 Å². The van der Waals surface area contributed by atoms with Crippen LogP contribution in [0.25, 0.3) is 0 Å². The van der Waals surface area contributed by atoms with Gasteiger partial charge in [-0.15, -0.1) is 10.2 Å². The maximum Gasteiger partial charge on any atom is 0.419 e. The van der Waals surface area contributed by atoms with E-state index in [1.54, 1.807) is 6.92 Å². The van der Waals surface area contributed by atoms with E-state index in [1.165, 1.54) is 12.1 Å². The topological polar surface area (TPSA) is 64.1 Å². The van der Waals surface area contributed by atoms with Gasteiger partial charge < -0.3 is 4.74 Å². The molecule has 0 bridgehead atoms. The van der Waals surface area contributed by atoms with Crippen LogP contribution in [0.5, 0.6) is 5.75 Å². The minimum Gasteiger partial charge on any atom is -0.483 e. The molecule has 1 amide bonds. The highest BCUT2D eigenvalue weighted by molar-refractivity contribution is 7.15. The first kappa shape index (κ1) is 15.2. The van der Waals surface area contributed by atoms with E-state index < -0.39 is 30.0 Å². The fraction of sp³-hybridized carbons (Fsp3) is 0.250. The van der Waals surface area contributed by atoms with E-state index in [9.17, 15) is 18.0 Å². The van der Waals surface area contributed by atoms with E-state index in [0.29, 0.717) is 5.01 Å². The molecule has 0 radical (unpaired) electrons. The summed E-state index contributed by atoms with van der Waals surface area (Å²) >= 11 is 1.16. The summed E-state index contributed by atoms with van der Waals surface area (Å²) in [6, 6.07) is 4.70. The maximum absolute atomic E-state index is 12.7. The van der Waals surface area contributed by atoms with E-state index in [0.717, 1.165) is 23.5 Å². The molecule has 1 heterocycles. The molecular formula is C12H10F3N3O2S. The molecule has 2 rings (SSSR count). The van der Waals surface area contributed by atoms with Crippen molar-refractivity contribution in [2.45, 2.75) is 13.1 Å². The molecule has 0 aliphatic rings. The average molecular weight is 317 g/mol. The van der Waals surface area contributed by atoms with Gasteiger partial charge in [0.1, 0.15) is 10.8 Å². The summed E-state index contributed by atoms with van der Waals surface area (Å²) in [7, 11) is 0. The third-order valence-electron chi connectivity index (χ3n) is 2.32. The lowest BCUT2D eigenvalue weighted by atomic mass is 10.2. The number of alkyl halides is 3. The lowest BCUT2D eigenvalue weighted by molar-refractivity contribution is -0.139. The number of nitrogens with one attached hydrogen (secondary N) is 1. The summed E-state index contributed by atoms with van der Waals surface area (Å²) < 4.78 is 43.1. The zero-order chi connectivity index (χ0) is 15.5. The molecule has 0 saturated carbocycles. The molecule has 0 fully saturated rings. The molecule has 5 nitrogen and oxygen atoms in total. The third kappa shape index (κ3) is 4.15. The normalized spacial score (nSPS) is 11.2. The Morgan fingerprint density at radius 2 is 2.05 bits per heavy atom. The second-order valence-corrected chi connectivity index (χ2v) is 5.14. The predicted molar refractivity (Wildman–Crippen MR) is 70.2 cm³/mol. The number of carbonyl (C=O) groups excluding carboxylic acids is 1. The van der Waals surface area contributed by atoms with Gasteiger partial charge in [-0.1, -0.05) is 23.5 Å². The van der Waals surface area contributed by atoms with Crippen molar-refractivity contribution in [3.8, 4) is 5.75 Å². The van der Waals surface area contributed by atoms with Gasteiger partial charge in [0.05, 0.1) is 5.56 Å². The van der Waals surface area contributed by atoms with Crippen LogP contribution in [0.4, 0.5) is 18.3 Å². The van der Waals surface area contributed by atoms with Gasteiger partial charge in [0, 0.05) is 0 Å². The highest BCUT2D eigenvalue weighted by Crippen LogP contribution is 2.35. The summed E-state index contributed by atoms with van der Waals surface area (Å²) in [5.41, 5.74) is -0.926. The second-order valence-electron chi connectivity index (χ2n) is 3.96. The first-order valence-electron chi connectivity index (χ1n) is 5.75. The maximum atomic E-state index is 12.7. The molecule has 0 saturated heterocycles. The lowest BCUT2D eigenvalue weighted by Crippen LogP contribution is -2.21. The van der Waals surface area contributed by atoms with Gasteiger partial charge in [0.25, 0.3) is 5.91 Å². The number of benzene rings is 1. The van der Waals surface area contributed by atoms with Crippen LogP contribution in [0.2, 0.25) is 0 Å². The highest BCUT2D eigenvalue weighted by Gasteiger charge is 2.34. The first-order valence-corrected chi connectivity index (χ1v) is 6.57. The number of hydrogen-bond acceptors (Lipinski definition) is 5. The molecular weight excluding hydrogens is 307 g/mol. The number of rotatable bonds is 4. The zero-order valence-corrected chi connectivity index (χ0v) is 11.6. The molecule has 0 spiro atoms. The number of aromatic nitrogens is 2. The predicted octanol–water partition coefficient (Wildman–Crippen LogP) is 2.88. The van der Waals surface area contributed by atoms with E-state index in [-0.39, 0.29) is 5.13 Å². The number of para-hydroxylation sites is 1. The molecule has 21 heavy (non-hydrogen) atoms. The molecule has 0 unspecified atom stereocenters. The minimum absolute atomic E-state index is 0.269. The summed E-state index contributed by atoms with van der Waals surface area (Å²) in [6.07, 6.45) is -4.54. The molecule has 1 aromatic carbocycles. The summed E-state index contributed by atoms with van der Waals surface area (Å²) in [5, 5.41) is 10.7. The van der Waals surface area contributed by atoms with Gasteiger partial charge in [0.2, 0.25) is 5.13 Å². The van der Waals surface area contributed by atoms with E-state index in [4.69, 9.17) is 4.74 Å². The fourth-order valence-corrected chi connectivity index (χ4v) is 2.08. The zero-order valence-electron chi connectivity index (χ0n) is 10.8. The quantitative estimate of drug-likeness (QED) is 0.942. The molecule has 0 atom stereocenters. The van der Waals surface area contributed by atoms with Crippen molar-refractivity contribution in [3.05, 3.63) is 34.8 Å². The Morgan fingerprint density at radius 3 is 2.67 bits per heavy atom. The van der Waals surface area contributed by atoms with Crippen molar-refractivity contribution >= 4 is 22.4 Å². The summed E-state index contributed by atoms with van der Waals surface area (Å²) in [4.78, 5) is 11.6. The SMILES string of the molecule is Cc1nnc(NC(=O)COc2ccccc2C(F)(F)F)s1. The average Bonchev–Trinajstić information content (AvgIpc) is 2.81. The van der Waals surface area contributed by atoms with Crippen LogP contribution in [0.15, 0.2) is 24.3 Å². The van der Waals surface area contributed by atoms with Crippen molar-refractivity contribution < 1.29 is 22.7 Å². The van der Waals surface area contributed by atoms with Crippen LogP contribution >= 0.6 is 11.3 Å². The van der Waals surface area contributed by atoms with Crippen LogP contribution in [-0.4, -0.2) is 22.7 Å². The van der Waals surface area contributed by atoms with Crippen LogP contribution in [0.1, 0.15) is 10.6 Å². The molecule has 0 aliphatic heterocycles. The number of nitrogens with zero attached hydrogens (tertiary/aromatic N) is 2. The van der Waals surface area contributed by atoms with Gasteiger partial charge in [-0.3, -0.25) is 10.1 Å². The van der Waals surface area contributed by atoms with E-state index in [2.05, 4.69) is 15.5 Å². The lowest BCUT2D eigenvalue weighted by Gasteiger charge is -2.13. The van der Waals surface area contributed by atoms with Crippen LogP contribution in [-0.2, 0) is 11.0 Å². The Balaban J connectivity index is 1.98. The largest absolute Gasteiger partial charge is 0.483 e. The van der Waals surface area contributed by atoms with Crippen LogP contribution < -0.4 is 10.1 Å². The molecule has 1 N–H and O–H groups in total. The van der Waals surface area contributed by atoms with Gasteiger partial charge in [-0.2, -0.15) is 13.2 Å². The highest BCUT2D eigenvalue weighted by atomic mass is 32.1. The van der Waals surface area contributed by atoms with Crippen molar-refractivity contribution in [2.24, 2.45) is 0 Å². The minimum atomic E-state index is -4.54. The number of amides is 1. The molecule has 2 aromatic rings. The Kier molecular flexibility index (Phi) is 4.41. The van der Waals surface area contributed by atoms with Crippen LogP contribution in [0, 0.1) is 6.92 Å². The Morgan fingerprint density at radius 1 is 1.33 bits per heavy atom. The van der Waals surface area contributed by atoms with Crippen molar-refractivity contribution in [3.63, 3.8) is 0 Å². The Labute approximate surface area is 121 Å². The van der Waals surface area contributed by atoms with Crippen molar-refractivity contribution in [1.29, 1.82) is 0 Å². The van der Waals surface area contributed by atoms with Gasteiger partial charge in [0.15, 0.2) is 6.61 Å². The third-order valence-corrected chi connectivity index (χ3v) is 3.08. The molecule has 9 heteroatoms. The number of halogens is 3. The van der Waals surface area contributed by atoms with Crippen LogP contribution in [0.3, 0.4) is 0 Å². The smallest absolute Gasteiger partial charge is 0.419 e. The number of anilines is 1. The second kappa shape index (κ2) is 6.08. The van der Waals surface area contributed by atoms with Crippen molar-refractivity contribution in [1.82, 2.24) is 10.2 Å². The molecule has 112 valence electrons. The van der Waals surface area contributed by atoms with E-state index >= 15 is 0 Å². The fourth-order valence-electron chi connectivity index (χ4n) is 1.47. The van der Waals surface area contributed by atoms with Gasteiger partial charge >= 0.3 is 6.18 Å². The van der Waals surface area contributed by atoms with Gasteiger partial charge in [-0.25, -0.2) is 0 Å². The number of carbonyl (C=O) groups is 1. The molecule has 1 aromatic heterocycles. The standard InChI is InChI=1S/C12H10F3N3O2S/c1-7-17-18-11(21-7)16-10(19)6-20-9-5-3-2-4-8(9)12(13,14)15/h2-5H,6H2,1H3,(H,16,18,19). The van der Waals surface area contributed by atoms with Gasteiger partial charge in [-0.05, 0) is 19.1 Å². The Hall–Kier alpha value is -2.16. The number of ether oxygens (including phenoxy) is 1.